The van der Waals surface area contributed by atoms with E-state index >= 15 is 0 Å². The number of alkyl halides is 3. The van der Waals surface area contributed by atoms with Crippen LogP contribution in [0.1, 0.15) is 31.4 Å². The Bertz CT molecular complexity index is 467. The number of rotatable bonds is 4. The molecule has 1 aromatic heterocycles. The van der Waals surface area contributed by atoms with Crippen molar-refractivity contribution in [2.45, 2.75) is 31.9 Å². The molecule has 21 heavy (non-hydrogen) atoms. The molecule has 4 nitrogen and oxygen atoms in total. The van der Waals surface area contributed by atoms with Crippen molar-refractivity contribution in [1.82, 2.24) is 10.3 Å². The van der Waals surface area contributed by atoms with E-state index in [0.717, 1.165) is 44.6 Å². The summed E-state index contributed by atoms with van der Waals surface area (Å²) in [7, 11) is 0. The summed E-state index contributed by atoms with van der Waals surface area (Å²) in [4.78, 5) is 15.1. The molecule has 0 spiro atoms. The first kappa shape index (κ1) is 15.8. The summed E-state index contributed by atoms with van der Waals surface area (Å²) in [6.07, 6.45) is -0.0447. The van der Waals surface area contributed by atoms with Gasteiger partial charge in [-0.25, -0.2) is 4.98 Å². The Kier molecular flexibility index (Phi) is 5.17. The molecular weight excluding hydrogens is 283 g/mol. The van der Waals surface area contributed by atoms with Crippen molar-refractivity contribution in [3.8, 4) is 0 Å². The monoisotopic (exact) mass is 301 g/mol. The first-order chi connectivity index (χ1) is 9.95. The molecule has 1 amide bonds. The van der Waals surface area contributed by atoms with E-state index in [1.54, 1.807) is 0 Å². The second-order valence-corrected chi connectivity index (χ2v) is 5.23. The highest BCUT2D eigenvalue weighted by Crippen LogP contribution is 2.27. The molecule has 0 aliphatic carbocycles. The lowest BCUT2D eigenvalue weighted by Crippen LogP contribution is -2.30. The van der Waals surface area contributed by atoms with Crippen LogP contribution in [0.4, 0.5) is 18.9 Å². The minimum atomic E-state index is -4.46. The number of anilines is 1. The van der Waals surface area contributed by atoms with Crippen LogP contribution in [0.25, 0.3) is 0 Å². The number of hydrogen-bond acceptors (Lipinski definition) is 3. The minimum Gasteiger partial charge on any atom is -0.325 e. The average molecular weight is 301 g/mol. The van der Waals surface area contributed by atoms with Gasteiger partial charge < -0.3 is 10.6 Å². The van der Waals surface area contributed by atoms with Crippen LogP contribution < -0.4 is 10.6 Å². The lowest BCUT2D eigenvalue weighted by molar-refractivity contribution is -0.141. The van der Waals surface area contributed by atoms with Gasteiger partial charge in [0.2, 0.25) is 5.91 Å². The molecule has 2 N–H and O–H groups in total. The van der Waals surface area contributed by atoms with Gasteiger partial charge in [-0.05, 0) is 50.4 Å². The SMILES string of the molecule is O=C(CCC1CCCNC1)Nc1ccc(C(F)(F)F)nc1. The third-order valence-electron chi connectivity index (χ3n) is 3.52. The van der Waals surface area contributed by atoms with Crippen LogP contribution in [0.15, 0.2) is 18.3 Å². The quantitative estimate of drug-likeness (QED) is 0.899. The molecule has 116 valence electrons. The molecule has 0 saturated carbocycles. The van der Waals surface area contributed by atoms with Crippen molar-refractivity contribution in [3.63, 3.8) is 0 Å². The van der Waals surface area contributed by atoms with Crippen LogP contribution in [-0.2, 0) is 11.0 Å². The van der Waals surface area contributed by atoms with Gasteiger partial charge >= 0.3 is 6.18 Å². The molecule has 1 saturated heterocycles. The molecule has 0 radical (unpaired) electrons. The van der Waals surface area contributed by atoms with Crippen molar-refractivity contribution in [3.05, 3.63) is 24.0 Å². The molecule has 1 fully saturated rings. The summed E-state index contributed by atoms with van der Waals surface area (Å²) < 4.78 is 37.1. The number of pyridine rings is 1. The molecule has 2 rings (SSSR count). The minimum absolute atomic E-state index is 0.192. The average Bonchev–Trinajstić information content (AvgIpc) is 2.46. The van der Waals surface area contributed by atoms with Crippen LogP contribution in [0, 0.1) is 5.92 Å². The summed E-state index contributed by atoms with van der Waals surface area (Å²) in [6.45, 7) is 1.95. The molecule has 2 heterocycles. The topological polar surface area (TPSA) is 54.0 Å². The fraction of sp³-hybridized carbons (Fsp3) is 0.571. The van der Waals surface area contributed by atoms with E-state index in [1.165, 1.54) is 6.07 Å². The third-order valence-corrected chi connectivity index (χ3v) is 3.52. The normalized spacial score (nSPS) is 19.3. The van der Waals surface area contributed by atoms with Gasteiger partial charge in [-0.2, -0.15) is 13.2 Å². The lowest BCUT2D eigenvalue weighted by Gasteiger charge is -2.22. The summed E-state index contributed by atoms with van der Waals surface area (Å²) in [6, 6.07) is 2.08. The highest BCUT2D eigenvalue weighted by atomic mass is 19.4. The molecule has 0 aromatic carbocycles. The molecule has 0 bridgehead atoms. The van der Waals surface area contributed by atoms with Gasteiger partial charge in [-0.15, -0.1) is 0 Å². The Labute approximate surface area is 121 Å². The van der Waals surface area contributed by atoms with Gasteiger partial charge in [-0.3, -0.25) is 4.79 Å². The fourth-order valence-electron chi connectivity index (χ4n) is 2.36. The highest BCUT2D eigenvalue weighted by Gasteiger charge is 2.32. The van der Waals surface area contributed by atoms with E-state index in [-0.39, 0.29) is 11.6 Å². The molecule has 1 aliphatic rings. The summed E-state index contributed by atoms with van der Waals surface area (Å²) in [5.74, 6) is 0.303. The Balaban J connectivity index is 1.79. The van der Waals surface area contributed by atoms with E-state index < -0.39 is 11.9 Å². The number of carbonyl (C=O) groups is 1. The maximum Gasteiger partial charge on any atom is 0.433 e. The lowest BCUT2D eigenvalue weighted by atomic mass is 9.94. The predicted molar refractivity (Wildman–Crippen MR) is 72.7 cm³/mol. The summed E-state index contributed by atoms with van der Waals surface area (Å²) in [5.41, 5.74) is -0.677. The maximum atomic E-state index is 12.4. The van der Waals surface area contributed by atoms with Gasteiger partial charge in [0.25, 0.3) is 0 Å². The van der Waals surface area contributed by atoms with Gasteiger partial charge in [0.05, 0.1) is 11.9 Å². The largest absolute Gasteiger partial charge is 0.433 e. The van der Waals surface area contributed by atoms with E-state index in [1.807, 2.05) is 0 Å². The van der Waals surface area contributed by atoms with E-state index in [9.17, 15) is 18.0 Å². The van der Waals surface area contributed by atoms with Crippen LogP contribution in [-0.4, -0.2) is 24.0 Å². The van der Waals surface area contributed by atoms with E-state index in [0.29, 0.717) is 12.3 Å². The number of hydrogen-bond donors (Lipinski definition) is 2. The van der Waals surface area contributed by atoms with Crippen LogP contribution in [0.5, 0.6) is 0 Å². The summed E-state index contributed by atoms with van der Waals surface area (Å²) >= 11 is 0. The van der Waals surface area contributed by atoms with Gasteiger partial charge in [-0.1, -0.05) is 0 Å². The third kappa shape index (κ3) is 5.00. The Hall–Kier alpha value is -1.63. The fourth-order valence-corrected chi connectivity index (χ4v) is 2.36. The zero-order valence-corrected chi connectivity index (χ0v) is 11.5. The number of aromatic nitrogens is 1. The number of nitrogens with one attached hydrogen (secondary N) is 2. The van der Waals surface area contributed by atoms with Crippen molar-refractivity contribution < 1.29 is 18.0 Å². The van der Waals surface area contributed by atoms with E-state index in [4.69, 9.17) is 0 Å². The van der Waals surface area contributed by atoms with Crippen molar-refractivity contribution in [2.24, 2.45) is 5.92 Å². The van der Waals surface area contributed by atoms with Gasteiger partial charge in [0, 0.05) is 6.42 Å². The first-order valence-electron chi connectivity index (χ1n) is 6.99. The molecule has 1 aliphatic heterocycles. The van der Waals surface area contributed by atoms with Crippen molar-refractivity contribution in [2.75, 3.05) is 18.4 Å². The molecular formula is C14H18F3N3O. The van der Waals surface area contributed by atoms with E-state index in [2.05, 4.69) is 15.6 Å². The van der Waals surface area contributed by atoms with Gasteiger partial charge in [0.1, 0.15) is 5.69 Å². The smallest absolute Gasteiger partial charge is 0.325 e. The zero-order valence-electron chi connectivity index (χ0n) is 11.5. The highest BCUT2D eigenvalue weighted by molar-refractivity contribution is 5.90. The first-order valence-corrected chi connectivity index (χ1v) is 6.99. The molecule has 1 atom stereocenters. The Morgan fingerprint density at radius 3 is 2.81 bits per heavy atom. The molecule has 7 heteroatoms. The van der Waals surface area contributed by atoms with Crippen LogP contribution in [0.3, 0.4) is 0 Å². The van der Waals surface area contributed by atoms with Crippen LogP contribution in [0.2, 0.25) is 0 Å². The van der Waals surface area contributed by atoms with Crippen molar-refractivity contribution in [1.29, 1.82) is 0 Å². The number of nitrogens with zero attached hydrogens (tertiary/aromatic N) is 1. The van der Waals surface area contributed by atoms with Crippen LogP contribution >= 0.6 is 0 Å². The number of carbonyl (C=O) groups excluding carboxylic acids is 1. The Morgan fingerprint density at radius 2 is 2.24 bits per heavy atom. The maximum absolute atomic E-state index is 12.4. The second kappa shape index (κ2) is 6.89. The molecule has 1 aromatic rings. The van der Waals surface area contributed by atoms with Gasteiger partial charge in [0.15, 0.2) is 0 Å². The molecule has 1 unspecified atom stereocenters. The second-order valence-electron chi connectivity index (χ2n) is 5.23. The predicted octanol–water partition coefficient (Wildman–Crippen LogP) is 2.82. The standard InChI is InChI=1S/C14H18F3N3O/c15-14(16,17)12-5-4-11(9-19-12)20-13(21)6-3-10-2-1-7-18-8-10/h4-5,9-10,18H,1-3,6-8H2,(H,20,21). The number of amides is 1. The zero-order chi connectivity index (χ0) is 15.3. The van der Waals surface area contributed by atoms with Crippen molar-refractivity contribution >= 4 is 11.6 Å². The number of piperidine rings is 1. The number of halogens is 3. The Morgan fingerprint density at radius 1 is 1.43 bits per heavy atom. The summed E-state index contributed by atoms with van der Waals surface area (Å²) in [5, 5.41) is 5.85.